The van der Waals surface area contributed by atoms with E-state index in [-0.39, 0.29) is 23.3 Å². The van der Waals surface area contributed by atoms with Crippen molar-refractivity contribution in [3.63, 3.8) is 0 Å². The molecule has 1 aromatic heterocycles. The molecule has 2 amide bonds. The monoisotopic (exact) mass is 352 g/mol. The van der Waals surface area contributed by atoms with Crippen LogP contribution in [0.15, 0.2) is 30.6 Å². The van der Waals surface area contributed by atoms with Gasteiger partial charge in [0.15, 0.2) is 0 Å². The molecule has 1 unspecified atom stereocenters. The van der Waals surface area contributed by atoms with Crippen LogP contribution in [0.5, 0.6) is 0 Å². The summed E-state index contributed by atoms with van der Waals surface area (Å²) in [6.07, 6.45) is 3.88. The number of carbonyl (C=O) groups is 2. The number of anilines is 2. The van der Waals surface area contributed by atoms with Crippen molar-refractivity contribution in [3.05, 3.63) is 47.5 Å². The normalized spacial score (nSPS) is 16.3. The number of benzene rings is 1. The van der Waals surface area contributed by atoms with Gasteiger partial charge >= 0.3 is 0 Å². The van der Waals surface area contributed by atoms with Gasteiger partial charge in [-0.15, -0.1) is 0 Å². The number of hydrogen-bond acceptors (Lipinski definition) is 4. The molecule has 0 fully saturated rings. The Morgan fingerprint density at radius 3 is 2.42 bits per heavy atom. The van der Waals surface area contributed by atoms with Crippen molar-refractivity contribution in [2.75, 3.05) is 10.2 Å². The van der Waals surface area contributed by atoms with Crippen LogP contribution in [0.4, 0.5) is 11.4 Å². The highest BCUT2D eigenvalue weighted by Gasteiger charge is 2.29. The third-order valence-corrected chi connectivity index (χ3v) is 4.48. The van der Waals surface area contributed by atoms with Crippen LogP contribution in [0, 0.1) is 0 Å². The Hall–Kier alpha value is -2.76. The van der Waals surface area contributed by atoms with Crippen LogP contribution in [0.1, 0.15) is 56.4 Å². The summed E-state index contributed by atoms with van der Waals surface area (Å²) in [5, 5.41) is 2.88. The molecule has 1 aliphatic heterocycles. The van der Waals surface area contributed by atoms with E-state index < -0.39 is 0 Å². The summed E-state index contributed by atoms with van der Waals surface area (Å²) in [6, 6.07) is 5.76. The first-order valence-corrected chi connectivity index (χ1v) is 8.73. The largest absolute Gasteiger partial charge is 0.322 e. The van der Waals surface area contributed by atoms with Crippen LogP contribution >= 0.6 is 0 Å². The van der Waals surface area contributed by atoms with Gasteiger partial charge < -0.3 is 10.2 Å². The van der Waals surface area contributed by atoms with Crippen LogP contribution in [-0.2, 0) is 16.6 Å². The van der Waals surface area contributed by atoms with Crippen LogP contribution in [0.2, 0.25) is 0 Å². The fourth-order valence-corrected chi connectivity index (χ4v) is 3.22. The standard InChI is InChI=1S/C20H24N4O2/c1-12-8-14-9-16(6-7-17(14)24(12)13(2)25)23-18(26)15-10-21-19(22-11-15)20(3,4)5/h6-7,9-12H,8H2,1-5H3,(H,23,26). The zero-order valence-electron chi connectivity index (χ0n) is 15.8. The average molecular weight is 352 g/mol. The number of amides is 2. The molecule has 0 spiro atoms. The molecule has 1 atom stereocenters. The summed E-state index contributed by atoms with van der Waals surface area (Å²) in [7, 11) is 0. The molecular formula is C20H24N4O2. The van der Waals surface area contributed by atoms with Gasteiger partial charge in [0.1, 0.15) is 5.82 Å². The van der Waals surface area contributed by atoms with Crippen molar-refractivity contribution < 1.29 is 9.59 Å². The van der Waals surface area contributed by atoms with Gasteiger partial charge in [-0.2, -0.15) is 0 Å². The molecule has 0 aliphatic carbocycles. The maximum atomic E-state index is 12.5. The first-order chi connectivity index (χ1) is 12.2. The molecule has 0 radical (unpaired) electrons. The maximum Gasteiger partial charge on any atom is 0.258 e. The predicted molar refractivity (Wildman–Crippen MR) is 101 cm³/mol. The van der Waals surface area contributed by atoms with E-state index >= 15 is 0 Å². The van der Waals surface area contributed by atoms with E-state index in [0.29, 0.717) is 17.1 Å². The highest BCUT2D eigenvalue weighted by atomic mass is 16.2. The van der Waals surface area contributed by atoms with E-state index in [9.17, 15) is 9.59 Å². The Bertz CT molecular complexity index is 853. The van der Waals surface area contributed by atoms with Gasteiger partial charge in [-0.3, -0.25) is 9.59 Å². The van der Waals surface area contributed by atoms with Crippen molar-refractivity contribution in [1.82, 2.24) is 9.97 Å². The number of aromatic nitrogens is 2. The van der Waals surface area contributed by atoms with Gasteiger partial charge in [0.25, 0.3) is 5.91 Å². The number of nitrogens with zero attached hydrogens (tertiary/aromatic N) is 3. The molecule has 2 aromatic rings. The molecule has 1 aromatic carbocycles. The average Bonchev–Trinajstić information content (AvgIpc) is 2.89. The second-order valence-electron chi connectivity index (χ2n) is 7.79. The van der Waals surface area contributed by atoms with Crippen LogP contribution < -0.4 is 10.2 Å². The smallest absolute Gasteiger partial charge is 0.258 e. The first kappa shape index (κ1) is 18.0. The Kier molecular flexibility index (Phi) is 4.52. The molecule has 0 saturated heterocycles. The van der Waals surface area contributed by atoms with E-state index in [1.807, 2.05) is 45.9 Å². The summed E-state index contributed by atoms with van der Waals surface area (Å²) in [5.41, 5.74) is 2.93. The van der Waals surface area contributed by atoms with Crippen molar-refractivity contribution in [3.8, 4) is 0 Å². The van der Waals surface area contributed by atoms with Gasteiger partial charge in [-0.1, -0.05) is 20.8 Å². The summed E-state index contributed by atoms with van der Waals surface area (Å²) in [5.74, 6) is 0.480. The van der Waals surface area contributed by atoms with E-state index in [4.69, 9.17) is 0 Å². The lowest BCUT2D eigenvalue weighted by molar-refractivity contribution is -0.116. The molecule has 6 heteroatoms. The molecule has 26 heavy (non-hydrogen) atoms. The number of carbonyl (C=O) groups excluding carboxylic acids is 2. The van der Waals surface area contributed by atoms with E-state index in [1.165, 1.54) is 0 Å². The van der Waals surface area contributed by atoms with Crippen molar-refractivity contribution in [1.29, 1.82) is 0 Å². The van der Waals surface area contributed by atoms with Gasteiger partial charge in [-0.05, 0) is 37.1 Å². The zero-order valence-corrected chi connectivity index (χ0v) is 15.8. The third-order valence-electron chi connectivity index (χ3n) is 4.48. The number of rotatable bonds is 2. The van der Waals surface area contributed by atoms with E-state index in [0.717, 1.165) is 17.7 Å². The SMILES string of the molecule is CC(=O)N1c2ccc(NC(=O)c3cnc(C(C)(C)C)nc3)cc2CC1C. The minimum Gasteiger partial charge on any atom is -0.322 e. The Morgan fingerprint density at radius 1 is 1.19 bits per heavy atom. The highest BCUT2D eigenvalue weighted by molar-refractivity contribution is 6.04. The minimum atomic E-state index is -0.250. The lowest BCUT2D eigenvalue weighted by atomic mass is 9.96. The van der Waals surface area contributed by atoms with Crippen molar-refractivity contribution in [2.24, 2.45) is 0 Å². The Labute approximate surface area is 153 Å². The van der Waals surface area contributed by atoms with Gasteiger partial charge in [0, 0.05) is 42.1 Å². The molecule has 1 aliphatic rings. The van der Waals surface area contributed by atoms with Crippen LogP contribution in [0.3, 0.4) is 0 Å². The maximum absolute atomic E-state index is 12.5. The van der Waals surface area contributed by atoms with Gasteiger partial charge in [0.05, 0.1) is 5.56 Å². The second-order valence-corrected chi connectivity index (χ2v) is 7.79. The Balaban J connectivity index is 1.77. The molecule has 136 valence electrons. The molecule has 2 heterocycles. The number of fused-ring (bicyclic) bond motifs is 1. The van der Waals surface area contributed by atoms with Crippen LogP contribution in [-0.4, -0.2) is 27.8 Å². The Morgan fingerprint density at radius 2 is 1.85 bits per heavy atom. The second kappa shape index (κ2) is 6.52. The van der Waals surface area contributed by atoms with Crippen LogP contribution in [0.25, 0.3) is 0 Å². The first-order valence-electron chi connectivity index (χ1n) is 8.73. The number of hydrogen-bond donors (Lipinski definition) is 1. The van der Waals surface area contributed by atoms with E-state index in [2.05, 4.69) is 15.3 Å². The summed E-state index contributed by atoms with van der Waals surface area (Å²) in [4.78, 5) is 34.6. The van der Waals surface area contributed by atoms with Gasteiger partial charge in [0.2, 0.25) is 5.91 Å². The van der Waals surface area contributed by atoms with Crippen molar-refractivity contribution in [2.45, 2.75) is 52.5 Å². The number of nitrogens with one attached hydrogen (secondary N) is 1. The topological polar surface area (TPSA) is 75.2 Å². The minimum absolute atomic E-state index is 0.0316. The fraction of sp³-hybridized carbons (Fsp3) is 0.400. The summed E-state index contributed by atoms with van der Waals surface area (Å²) in [6.45, 7) is 9.67. The molecule has 0 saturated carbocycles. The van der Waals surface area contributed by atoms with Gasteiger partial charge in [-0.25, -0.2) is 9.97 Å². The highest BCUT2D eigenvalue weighted by Crippen LogP contribution is 2.34. The third kappa shape index (κ3) is 3.45. The van der Waals surface area contributed by atoms with Crippen molar-refractivity contribution >= 4 is 23.2 Å². The molecular weight excluding hydrogens is 328 g/mol. The molecule has 3 rings (SSSR count). The molecule has 0 bridgehead atoms. The lowest BCUT2D eigenvalue weighted by Gasteiger charge is -2.20. The molecule has 6 nitrogen and oxygen atoms in total. The summed E-state index contributed by atoms with van der Waals surface area (Å²) < 4.78 is 0. The zero-order chi connectivity index (χ0) is 19.1. The lowest BCUT2D eigenvalue weighted by Crippen LogP contribution is -2.33. The quantitative estimate of drug-likeness (QED) is 0.899. The van der Waals surface area contributed by atoms with E-state index in [1.54, 1.807) is 24.2 Å². The summed E-state index contributed by atoms with van der Waals surface area (Å²) >= 11 is 0. The fourth-order valence-electron chi connectivity index (χ4n) is 3.22. The molecule has 1 N–H and O–H groups in total. The predicted octanol–water partition coefficient (Wildman–Crippen LogP) is 3.32.